The molecule has 0 bridgehead atoms. The van der Waals surface area contributed by atoms with Crippen molar-refractivity contribution in [1.82, 2.24) is 15.0 Å². The molecule has 3 aromatic rings. The number of amides is 1. The lowest BCUT2D eigenvalue weighted by Crippen LogP contribution is -2.36. The summed E-state index contributed by atoms with van der Waals surface area (Å²) in [5.74, 6) is 0.489. The van der Waals surface area contributed by atoms with Crippen LogP contribution in [0.15, 0.2) is 53.1 Å². The van der Waals surface area contributed by atoms with Crippen molar-refractivity contribution in [3.8, 4) is 11.4 Å². The van der Waals surface area contributed by atoms with Gasteiger partial charge in [-0.3, -0.25) is 4.79 Å². The summed E-state index contributed by atoms with van der Waals surface area (Å²) in [5, 5.41) is 4.57. The minimum absolute atomic E-state index is 0.220. The van der Waals surface area contributed by atoms with Crippen molar-refractivity contribution in [2.45, 2.75) is 20.3 Å². The fourth-order valence-electron chi connectivity index (χ4n) is 2.85. The molecule has 3 rings (SSSR count). The molecule has 0 radical (unpaired) electrons. The van der Waals surface area contributed by atoms with E-state index in [1.54, 1.807) is 23.1 Å². The van der Waals surface area contributed by atoms with Crippen LogP contribution in [0.1, 0.15) is 30.1 Å². The van der Waals surface area contributed by atoms with Gasteiger partial charge in [0.2, 0.25) is 11.7 Å². The fraction of sp³-hybridized carbons (Fsp3) is 0.286. The number of hydrogen-bond acceptors (Lipinski definition) is 4. The molecule has 0 atom stereocenters. The van der Waals surface area contributed by atoms with Gasteiger partial charge in [0.1, 0.15) is 5.82 Å². The molecule has 0 spiro atoms. The summed E-state index contributed by atoms with van der Waals surface area (Å²) in [6.07, 6.45) is 0.404. The predicted molar refractivity (Wildman–Crippen MR) is 106 cm³/mol. The monoisotopic (exact) mass is 401 g/mol. The lowest BCUT2D eigenvalue weighted by atomic mass is 10.1. The first-order valence-corrected chi connectivity index (χ1v) is 9.43. The van der Waals surface area contributed by atoms with Crippen LogP contribution < -0.4 is 0 Å². The van der Waals surface area contributed by atoms with E-state index in [0.29, 0.717) is 41.8 Å². The Morgan fingerprint density at radius 2 is 2.00 bits per heavy atom. The zero-order chi connectivity index (χ0) is 20.1. The average Bonchev–Trinajstić information content (AvgIpc) is 3.13. The molecule has 5 nitrogen and oxygen atoms in total. The maximum Gasteiger partial charge on any atom is 0.253 e. The molecule has 0 aliphatic heterocycles. The summed E-state index contributed by atoms with van der Waals surface area (Å²) < 4.78 is 18.8. The number of nitrogens with zero attached hydrogens (tertiary/aromatic N) is 3. The number of carbonyl (C=O) groups is 1. The largest absolute Gasteiger partial charge is 0.339 e. The second-order valence-corrected chi connectivity index (χ2v) is 7.36. The van der Waals surface area contributed by atoms with Gasteiger partial charge in [-0.1, -0.05) is 48.8 Å². The number of halogens is 2. The Bertz CT molecular complexity index is 958. The van der Waals surface area contributed by atoms with E-state index in [-0.39, 0.29) is 11.8 Å². The molecular weight excluding hydrogens is 381 g/mol. The Morgan fingerprint density at radius 3 is 2.71 bits per heavy atom. The number of aromatic nitrogens is 2. The van der Waals surface area contributed by atoms with Gasteiger partial charge in [0.15, 0.2) is 0 Å². The van der Waals surface area contributed by atoms with Crippen LogP contribution in [0, 0.1) is 11.7 Å². The van der Waals surface area contributed by atoms with Gasteiger partial charge in [-0.2, -0.15) is 4.98 Å². The predicted octanol–water partition coefficient (Wildman–Crippen LogP) is 4.87. The first kappa shape index (κ1) is 20.0. The molecule has 0 aliphatic carbocycles. The Labute approximate surface area is 168 Å². The Kier molecular flexibility index (Phi) is 6.41. The topological polar surface area (TPSA) is 59.2 Å². The Balaban J connectivity index is 1.71. The third-order valence-corrected chi connectivity index (χ3v) is 4.33. The number of carbonyl (C=O) groups excluding carboxylic acids is 1. The van der Waals surface area contributed by atoms with E-state index in [4.69, 9.17) is 16.1 Å². The van der Waals surface area contributed by atoms with Crippen LogP contribution in [0.3, 0.4) is 0 Å². The summed E-state index contributed by atoms with van der Waals surface area (Å²) in [7, 11) is 0. The first-order chi connectivity index (χ1) is 13.4. The smallest absolute Gasteiger partial charge is 0.253 e. The average molecular weight is 402 g/mol. The van der Waals surface area contributed by atoms with Crippen molar-refractivity contribution in [3.63, 3.8) is 0 Å². The van der Waals surface area contributed by atoms with Crippen LogP contribution in [0.25, 0.3) is 11.4 Å². The van der Waals surface area contributed by atoms with Crippen molar-refractivity contribution >= 4 is 17.5 Å². The molecule has 1 heterocycles. The highest BCUT2D eigenvalue weighted by Crippen LogP contribution is 2.20. The van der Waals surface area contributed by atoms with Crippen LogP contribution in [0.2, 0.25) is 5.02 Å². The zero-order valence-electron chi connectivity index (χ0n) is 15.7. The summed E-state index contributed by atoms with van der Waals surface area (Å²) in [6, 6.07) is 12.9. The summed E-state index contributed by atoms with van der Waals surface area (Å²) >= 11 is 6.00. The quantitative estimate of drug-likeness (QED) is 0.566. The van der Waals surface area contributed by atoms with Crippen LogP contribution in [-0.2, 0) is 6.42 Å². The molecule has 1 aromatic heterocycles. The molecule has 0 aliphatic rings. The normalized spacial score (nSPS) is 11.0. The third-order valence-electron chi connectivity index (χ3n) is 4.09. The molecule has 0 unspecified atom stereocenters. The SMILES string of the molecule is CC(C)CN(CCc1nc(-c2cccc(Cl)c2)no1)C(=O)c1cccc(F)c1. The van der Waals surface area contributed by atoms with Gasteiger partial charge < -0.3 is 9.42 Å². The molecule has 0 fully saturated rings. The van der Waals surface area contributed by atoms with E-state index in [9.17, 15) is 9.18 Å². The molecule has 0 saturated carbocycles. The molecule has 0 saturated heterocycles. The number of benzene rings is 2. The number of rotatable bonds is 7. The standard InChI is InChI=1S/C21H21ClFN3O2/c1-14(2)13-26(21(27)16-6-4-8-18(23)12-16)10-9-19-24-20(25-28-19)15-5-3-7-17(22)11-15/h3-8,11-12,14H,9-10,13H2,1-2H3. The summed E-state index contributed by atoms with van der Waals surface area (Å²) in [6.45, 7) is 4.99. The van der Waals surface area contributed by atoms with Crippen molar-refractivity contribution < 1.29 is 13.7 Å². The van der Waals surface area contributed by atoms with Crippen molar-refractivity contribution in [2.24, 2.45) is 5.92 Å². The highest BCUT2D eigenvalue weighted by Gasteiger charge is 2.19. The molecule has 146 valence electrons. The lowest BCUT2D eigenvalue weighted by Gasteiger charge is -2.24. The maximum absolute atomic E-state index is 13.5. The van der Waals surface area contributed by atoms with E-state index in [1.165, 1.54) is 18.2 Å². The Morgan fingerprint density at radius 1 is 1.21 bits per heavy atom. The maximum atomic E-state index is 13.5. The lowest BCUT2D eigenvalue weighted by molar-refractivity contribution is 0.0734. The molecule has 1 amide bonds. The summed E-state index contributed by atoms with van der Waals surface area (Å²) in [5.41, 5.74) is 1.09. The second-order valence-electron chi connectivity index (χ2n) is 6.93. The van der Waals surface area contributed by atoms with E-state index in [2.05, 4.69) is 10.1 Å². The van der Waals surface area contributed by atoms with Crippen LogP contribution in [0.4, 0.5) is 4.39 Å². The van der Waals surface area contributed by atoms with E-state index < -0.39 is 5.82 Å². The highest BCUT2D eigenvalue weighted by molar-refractivity contribution is 6.30. The summed E-state index contributed by atoms with van der Waals surface area (Å²) in [4.78, 5) is 18.9. The zero-order valence-corrected chi connectivity index (χ0v) is 16.5. The highest BCUT2D eigenvalue weighted by atomic mass is 35.5. The minimum atomic E-state index is -0.432. The van der Waals surface area contributed by atoms with Crippen LogP contribution in [-0.4, -0.2) is 34.0 Å². The van der Waals surface area contributed by atoms with Gasteiger partial charge >= 0.3 is 0 Å². The Hall–Kier alpha value is -2.73. The van der Waals surface area contributed by atoms with Gasteiger partial charge in [0.25, 0.3) is 5.91 Å². The first-order valence-electron chi connectivity index (χ1n) is 9.05. The molecular formula is C21H21ClFN3O2. The van der Waals surface area contributed by atoms with Gasteiger partial charge in [0, 0.05) is 35.7 Å². The van der Waals surface area contributed by atoms with Crippen molar-refractivity contribution in [3.05, 3.63) is 70.8 Å². The van der Waals surface area contributed by atoms with Crippen LogP contribution >= 0.6 is 11.6 Å². The molecule has 2 aromatic carbocycles. The van der Waals surface area contributed by atoms with Crippen molar-refractivity contribution in [1.29, 1.82) is 0 Å². The fourth-order valence-corrected chi connectivity index (χ4v) is 3.04. The second kappa shape index (κ2) is 8.97. The van der Waals surface area contributed by atoms with E-state index >= 15 is 0 Å². The van der Waals surface area contributed by atoms with Gasteiger partial charge in [-0.15, -0.1) is 0 Å². The number of hydrogen-bond donors (Lipinski definition) is 0. The molecule has 28 heavy (non-hydrogen) atoms. The molecule has 0 N–H and O–H groups in total. The van der Waals surface area contributed by atoms with Crippen molar-refractivity contribution in [2.75, 3.05) is 13.1 Å². The van der Waals surface area contributed by atoms with E-state index in [0.717, 1.165) is 5.56 Å². The van der Waals surface area contributed by atoms with Gasteiger partial charge in [-0.05, 0) is 36.2 Å². The van der Waals surface area contributed by atoms with Gasteiger partial charge in [0.05, 0.1) is 0 Å². The van der Waals surface area contributed by atoms with E-state index in [1.807, 2.05) is 26.0 Å². The van der Waals surface area contributed by atoms with Gasteiger partial charge in [-0.25, -0.2) is 4.39 Å². The minimum Gasteiger partial charge on any atom is -0.339 e. The molecule has 7 heteroatoms. The van der Waals surface area contributed by atoms with Crippen LogP contribution in [0.5, 0.6) is 0 Å². The third kappa shape index (κ3) is 5.16.